The molecule has 1 unspecified atom stereocenters. The van der Waals surface area contributed by atoms with Gasteiger partial charge in [0.25, 0.3) is 0 Å². The average Bonchev–Trinajstić information content (AvgIpc) is 2.17. The van der Waals surface area contributed by atoms with Gasteiger partial charge in [0, 0.05) is 5.57 Å². The molecule has 0 saturated carbocycles. The van der Waals surface area contributed by atoms with Crippen molar-refractivity contribution in [2.45, 2.75) is 40.3 Å². The lowest BCUT2D eigenvalue weighted by Crippen LogP contribution is -2.38. The second-order valence-electron chi connectivity index (χ2n) is 3.27. The van der Waals surface area contributed by atoms with Crippen LogP contribution in [-0.4, -0.2) is 30.2 Å². The van der Waals surface area contributed by atoms with E-state index in [-0.39, 0.29) is 18.3 Å². The number of carbonyl (C=O) groups excluding carboxylic acids is 1. The molecule has 0 aliphatic rings. The van der Waals surface area contributed by atoms with Gasteiger partial charge in [-0.1, -0.05) is 27.4 Å². The van der Waals surface area contributed by atoms with Gasteiger partial charge in [-0.15, -0.1) is 0 Å². The molecule has 0 aliphatic carbocycles. The van der Waals surface area contributed by atoms with Crippen LogP contribution in [0.3, 0.4) is 0 Å². The number of ether oxygens (including phenoxy) is 1. The Morgan fingerprint density at radius 1 is 1.33 bits per heavy atom. The van der Waals surface area contributed by atoms with Gasteiger partial charge in [0.15, 0.2) is 6.23 Å². The van der Waals surface area contributed by atoms with Crippen LogP contribution in [0.5, 0.6) is 0 Å². The molecule has 4 nitrogen and oxygen atoms in total. The van der Waals surface area contributed by atoms with E-state index in [4.69, 9.17) is 4.74 Å². The Morgan fingerprint density at radius 2 is 1.80 bits per heavy atom. The van der Waals surface area contributed by atoms with Crippen LogP contribution in [0.1, 0.15) is 34.1 Å². The van der Waals surface area contributed by atoms with Crippen LogP contribution >= 0.6 is 0 Å². The SMILES string of the molecule is C=C(C)C(=O)OC(CC)N(CC)CC.N. The number of rotatable bonds is 6. The minimum atomic E-state index is -0.302. The predicted molar refractivity (Wildman–Crippen MR) is 62.9 cm³/mol. The summed E-state index contributed by atoms with van der Waals surface area (Å²) in [5.41, 5.74) is 0.454. The maximum absolute atomic E-state index is 11.3. The fraction of sp³-hybridized carbons (Fsp3) is 0.727. The Bertz CT molecular complexity index is 201. The summed E-state index contributed by atoms with van der Waals surface area (Å²) >= 11 is 0. The van der Waals surface area contributed by atoms with Crippen LogP contribution in [0.15, 0.2) is 12.2 Å². The van der Waals surface area contributed by atoms with E-state index in [2.05, 4.69) is 25.3 Å². The van der Waals surface area contributed by atoms with Crippen molar-refractivity contribution in [2.24, 2.45) is 0 Å². The first kappa shape index (κ1) is 16.6. The molecule has 1 atom stereocenters. The molecule has 4 heteroatoms. The van der Waals surface area contributed by atoms with E-state index in [1.807, 2.05) is 6.92 Å². The fourth-order valence-corrected chi connectivity index (χ4v) is 1.27. The second kappa shape index (κ2) is 8.44. The molecule has 0 amide bonds. The summed E-state index contributed by atoms with van der Waals surface area (Å²) in [5, 5.41) is 0. The fourth-order valence-electron chi connectivity index (χ4n) is 1.27. The summed E-state index contributed by atoms with van der Waals surface area (Å²) in [7, 11) is 0. The summed E-state index contributed by atoms with van der Waals surface area (Å²) < 4.78 is 5.29. The van der Waals surface area contributed by atoms with E-state index in [0.29, 0.717) is 5.57 Å². The van der Waals surface area contributed by atoms with Crippen LogP contribution < -0.4 is 6.15 Å². The zero-order valence-electron chi connectivity index (χ0n) is 10.4. The highest BCUT2D eigenvalue weighted by molar-refractivity contribution is 5.87. The highest BCUT2D eigenvalue weighted by atomic mass is 16.6. The predicted octanol–water partition coefficient (Wildman–Crippen LogP) is 2.35. The molecule has 0 radical (unpaired) electrons. The van der Waals surface area contributed by atoms with Crippen molar-refractivity contribution in [2.75, 3.05) is 13.1 Å². The Balaban J connectivity index is 0. The van der Waals surface area contributed by atoms with E-state index < -0.39 is 0 Å². The smallest absolute Gasteiger partial charge is 0.334 e. The quantitative estimate of drug-likeness (QED) is 0.420. The molecule has 15 heavy (non-hydrogen) atoms. The third-order valence-corrected chi connectivity index (χ3v) is 2.16. The molecule has 0 fully saturated rings. The lowest BCUT2D eigenvalue weighted by atomic mass is 10.3. The number of hydrogen-bond donors (Lipinski definition) is 1. The van der Waals surface area contributed by atoms with Gasteiger partial charge in [-0.05, 0) is 26.4 Å². The first-order valence-electron chi connectivity index (χ1n) is 5.17. The highest BCUT2D eigenvalue weighted by Gasteiger charge is 2.17. The largest absolute Gasteiger partial charge is 0.443 e. The van der Waals surface area contributed by atoms with Crippen molar-refractivity contribution in [3.05, 3.63) is 12.2 Å². The molecule has 0 heterocycles. The molecule has 0 rings (SSSR count). The topological polar surface area (TPSA) is 64.5 Å². The highest BCUT2D eigenvalue weighted by Crippen LogP contribution is 2.07. The molecule has 3 N–H and O–H groups in total. The van der Waals surface area contributed by atoms with Gasteiger partial charge in [-0.3, -0.25) is 4.90 Å². The Labute approximate surface area is 92.9 Å². The monoisotopic (exact) mass is 216 g/mol. The molecule has 0 bridgehead atoms. The van der Waals surface area contributed by atoms with Crippen LogP contribution in [0, 0.1) is 0 Å². The molecule has 0 spiro atoms. The minimum Gasteiger partial charge on any atom is -0.443 e. The van der Waals surface area contributed by atoms with Crippen molar-refractivity contribution in [3.8, 4) is 0 Å². The van der Waals surface area contributed by atoms with Gasteiger partial charge in [0.05, 0.1) is 0 Å². The molecule has 0 aromatic heterocycles. The van der Waals surface area contributed by atoms with E-state index in [0.717, 1.165) is 19.5 Å². The summed E-state index contributed by atoms with van der Waals surface area (Å²) in [5.74, 6) is -0.302. The number of nitrogens with zero attached hydrogens (tertiary/aromatic N) is 1. The number of carbonyl (C=O) groups is 1. The summed E-state index contributed by atoms with van der Waals surface area (Å²) in [4.78, 5) is 13.4. The molecule has 0 aromatic carbocycles. The Kier molecular flexibility index (Phi) is 9.31. The summed E-state index contributed by atoms with van der Waals surface area (Å²) in [6, 6.07) is 0. The standard InChI is InChI=1S/C11H21NO2.H3N/c1-6-10(12(7-2)8-3)14-11(13)9(4)5;/h10H,4,6-8H2,1-3,5H3;1H3. The van der Waals surface area contributed by atoms with Gasteiger partial charge in [0.2, 0.25) is 0 Å². The second-order valence-corrected chi connectivity index (χ2v) is 3.27. The van der Waals surface area contributed by atoms with E-state index in [9.17, 15) is 4.79 Å². The Morgan fingerprint density at radius 3 is 2.07 bits per heavy atom. The third kappa shape index (κ3) is 5.54. The lowest BCUT2D eigenvalue weighted by Gasteiger charge is -2.28. The molecular weight excluding hydrogens is 192 g/mol. The van der Waals surface area contributed by atoms with Crippen LogP contribution in [-0.2, 0) is 9.53 Å². The molecule has 0 saturated heterocycles. The van der Waals surface area contributed by atoms with Gasteiger partial charge in [0.1, 0.15) is 0 Å². The summed E-state index contributed by atoms with van der Waals surface area (Å²) in [6.45, 7) is 13.1. The van der Waals surface area contributed by atoms with Crippen LogP contribution in [0.25, 0.3) is 0 Å². The van der Waals surface area contributed by atoms with Crippen LogP contribution in [0.4, 0.5) is 0 Å². The van der Waals surface area contributed by atoms with Gasteiger partial charge in [-0.2, -0.15) is 0 Å². The number of esters is 1. The lowest BCUT2D eigenvalue weighted by molar-refractivity contribution is -0.154. The van der Waals surface area contributed by atoms with Gasteiger partial charge < -0.3 is 10.9 Å². The molecule has 0 aliphatic heterocycles. The number of hydrogen-bond acceptors (Lipinski definition) is 4. The van der Waals surface area contributed by atoms with Crippen LogP contribution in [0.2, 0.25) is 0 Å². The Hall–Kier alpha value is -0.870. The molecule has 90 valence electrons. The molecule has 0 aromatic rings. The van der Waals surface area contributed by atoms with Crippen molar-refractivity contribution >= 4 is 5.97 Å². The van der Waals surface area contributed by atoms with Crippen molar-refractivity contribution in [1.29, 1.82) is 0 Å². The van der Waals surface area contributed by atoms with E-state index in [1.165, 1.54) is 0 Å². The normalized spacial score (nSPS) is 11.8. The zero-order valence-corrected chi connectivity index (χ0v) is 10.4. The minimum absolute atomic E-state index is 0. The third-order valence-electron chi connectivity index (χ3n) is 2.16. The zero-order chi connectivity index (χ0) is 11.1. The van der Waals surface area contributed by atoms with Gasteiger partial charge >= 0.3 is 5.97 Å². The van der Waals surface area contributed by atoms with Crippen molar-refractivity contribution < 1.29 is 9.53 Å². The first-order valence-corrected chi connectivity index (χ1v) is 5.17. The first-order chi connectivity index (χ1) is 6.56. The van der Waals surface area contributed by atoms with Gasteiger partial charge in [-0.25, -0.2) is 4.79 Å². The molecular formula is C11H24N2O2. The maximum atomic E-state index is 11.3. The average molecular weight is 216 g/mol. The maximum Gasteiger partial charge on any atom is 0.334 e. The van der Waals surface area contributed by atoms with Crippen molar-refractivity contribution in [1.82, 2.24) is 11.1 Å². The van der Waals surface area contributed by atoms with E-state index in [1.54, 1.807) is 6.92 Å². The van der Waals surface area contributed by atoms with Crippen molar-refractivity contribution in [3.63, 3.8) is 0 Å². The summed E-state index contributed by atoms with van der Waals surface area (Å²) in [6.07, 6.45) is 0.690. The van der Waals surface area contributed by atoms with E-state index >= 15 is 0 Å².